The van der Waals surface area contributed by atoms with E-state index in [-0.39, 0.29) is 18.0 Å². The summed E-state index contributed by atoms with van der Waals surface area (Å²) in [5, 5.41) is 2.91. The Kier molecular flexibility index (Phi) is 4.42. The van der Waals surface area contributed by atoms with Crippen molar-refractivity contribution >= 4 is 22.6 Å². The molecular weight excluding hydrogens is 302 g/mol. The van der Waals surface area contributed by atoms with Crippen LogP contribution in [0.4, 0.5) is 5.69 Å². The minimum atomic E-state index is -0.291. The van der Waals surface area contributed by atoms with Gasteiger partial charge >= 0.3 is 0 Å². The van der Waals surface area contributed by atoms with Crippen LogP contribution >= 0.6 is 0 Å². The van der Waals surface area contributed by atoms with Gasteiger partial charge in [-0.3, -0.25) is 14.2 Å². The van der Waals surface area contributed by atoms with E-state index in [1.807, 2.05) is 42.5 Å². The molecule has 5 nitrogen and oxygen atoms in total. The first-order chi connectivity index (χ1) is 11.6. The van der Waals surface area contributed by atoms with E-state index in [0.717, 1.165) is 11.3 Å². The number of amides is 1. The van der Waals surface area contributed by atoms with E-state index in [2.05, 4.69) is 24.1 Å². The van der Waals surface area contributed by atoms with Gasteiger partial charge in [0, 0.05) is 5.69 Å². The molecule has 3 aromatic rings. The monoisotopic (exact) mass is 321 g/mol. The van der Waals surface area contributed by atoms with Crippen molar-refractivity contribution in [3.63, 3.8) is 0 Å². The molecule has 122 valence electrons. The maximum Gasteiger partial charge on any atom is 0.269 e. The second-order valence-corrected chi connectivity index (χ2v) is 5.96. The Labute approximate surface area is 140 Å². The number of hydrogen-bond acceptors (Lipinski definition) is 3. The predicted octanol–water partition coefficient (Wildman–Crippen LogP) is 3.16. The van der Waals surface area contributed by atoms with Crippen molar-refractivity contribution in [1.82, 2.24) is 9.55 Å². The van der Waals surface area contributed by atoms with Crippen molar-refractivity contribution in [2.75, 3.05) is 5.32 Å². The minimum absolute atomic E-state index is 0.0473. The average Bonchev–Trinajstić information content (AvgIpc) is 2.58. The van der Waals surface area contributed by atoms with Gasteiger partial charge in [0.05, 0.1) is 17.2 Å². The van der Waals surface area contributed by atoms with Crippen molar-refractivity contribution in [1.29, 1.82) is 0 Å². The number of carbonyl (C=O) groups is 1. The van der Waals surface area contributed by atoms with E-state index >= 15 is 0 Å². The number of benzene rings is 2. The Bertz CT molecular complexity index is 944. The smallest absolute Gasteiger partial charge is 0.269 e. The second-order valence-electron chi connectivity index (χ2n) is 5.96. The van der Waals surface area contributed by atoms with E-state index in [1.54, 1.807) is 6.07 Å². The Morgan fingerprint density at radius 1 is 1.12 bits per heavy atom. The van der Waals surface area contributed by atoms with E-state index < -0.39 is 0 Å². The summed E-state index contributed by atoms with van der Waals surface area (Å²) < 4.78 is 1.44. The van der Waals surface area contributed by atoms with Gasteiger partial charge in [0.1, 0.15) is 6.54 Å². The third-order valence-electron chi connectivity index (χ3n) is 3.91. The van der Waals surface area contributed by atoms with Crippen molar-refractivity contribution < 1.29 is 4.79 Å². The van der Waals surface area contributed by atoms with Gasteiger partial charge in [-0.2, -0.15) is 0 Å². The van der Waals surface area contributed by atoms with Gasteiger partial charge < -0.3 is 5.32 Å². The number of carbonyl (C=O) groups excluding carboxylic acids is 1. The molecular formula is C19H19N3O2. The molecule has 1 aromatic heterocycles. The van der Waals surface area contributed by atoms with Crippen molar-refractivity contribution in [3.8, 4) is 0 Å². The fraction of sp³-hybridized carbons (Fsp3) is 0.211. The first-order valence-corrected chi connectivity index (χ1v) is 7.89. The number of nitrogens with zero attached hydrogens (tertiary/aromatic N) is 2. The molecule has 0 aliphatic carbocycles. The van der Waals surface area contributed by atoms with Gasteiger partial charge in [-0.1, -0.05) is 44.2 Å². The van der Waals surface area contributed by atoms with Gasteiger partial charge in [0.2, 0.25) is 5.91 Å². The Morgan fingerprint density at radius 3 is 2.62 bits per heavy atom. The molecule has 0 atom stereocenters. The topological polar surface area (TPSA) is 64.0 Å². The number of rotatable bonds is 4. The number of nitrogens with one attached hydrogen (secondary N) is 1. The van der Waals surface area contributed by atoms with Crippen molar-refractivity contribution in [2.45, 2.75) is 26.3 Å². The van der Waals surface area contributed by atoms with Gasteiger partial charge in [0.15, 0.2) is 0 Å². The van der Waals surface area contributed by atoms with E-state index in [4.69, 9.17) is 0 Å². The molecule has 0 aliphatic heterocycles. The first kappa shape index (κ1) is 15.9. The number of fused-ring (bicyclic) bond motifs is 1. The highest BCUT2D eigenvalue weighted by Gasteiger charge is 2.12. The quantitative estimate of drug-likeness (QED) is 0.803. The third kappa shape index (κ3) is 3.20. The lowest BCUT2D eigenvalue weighted by Crippen LogP contribution is -2.28. The average molecular weight is 321 g/mol. The molecule has 24 heavy (non-hydrogen) atoms. The maximum absolute atomic E-state index is 12.5. The zero-order chi connectivity index (χ0) is 17.1. The van der Waals surface area contributed by atoms with E-state index in [0.29, 0.717) is 17.0 Å². The molecule has 1 heterocycles. The van der Waals surface area contributed by atoms with Crippen LogP contribution in [0.1, 0.15) is 25.3 Å². The number of aromatic nitrogens is 2. The molecule has 0 bridgehead atoms. The van der Waals surface area contributed by atoms with Crippen LogP contribution < -0.4 is 10.9 Å². The molecule has 1 N–H and O–H groups in total. The van der Waals surface area contributed by atoms with Gasteiger partial charge in [-0.05, 0) is 29.7 Å². The molecule has 2 aromatic carbocycles. The highest BCUT2D eigenvalue weighted by Crippen LogP contribution is 2.23. The van der Waals surface area contributed by atoms with E-state index in [1.165, 1.54) is 10.8 Å². The largest absolute Gasteiger partial charge is 0.324 e. The molecule has 0 radical (unpaired) electrons. The standard InChI is InChI=1S/C19H19N3O2/c1-13(2)14-7-3-4-8-15(14)21-18(23)12-22-17-10-6-5-9-16(17)20-11-19(22)24/h3-11,13H,12H2,1-2H3,(H,21,23). The molecule has 1 amide bonds. The lowest BCUT2D eigenvalue weighted by Gasteiger charge is -2.14. The minimum Gasteiger partial charge on any atom is -0.324 e. The number of anilines is 1. The van der Waals surface area contributed by atoms with Crippen LogP contribution in [0.3, 0.4) is 0 Å². The summed E-state index contributed by atoms with van der Waals surface area (Å²) >= 11 is 0. The molecule has 0 spiro atoms. The van der Waals surface area contributed by atoms with Crippen LogP contribution in [0.25, 0.3) is 11.0 Å². The second kappa shape index (κ2) is 6.66. The van der Waals surface area contributed by atoms with E-state index in [9.17, 15) is 9.59 Å². The Hall–Kier alpha value is -2.95. The lowest BCUT2D eigenvalue weighted by atomic mass is 10.0. The van der Waals surface area contributed by atoms with Crippen LogP contribution in [0.15, 0.2) is 59.5 Å². The van der Waals surface area contributed by atoms with Crippen LogP contribution in [0.5, 0.6) is 0 Å². The molecule has 0 saturated heterocycles. The summed E-state index contributed by atoms with van der Waals surface area (Å²) in [5.41, 5.74) is 2.90. The zero-order valence-corrected chi connectivity index (χ0v) is 13.7. The fourth-order valence-electron chi connectivity index (χ4n) is 2.73. The molecule has 5 heteroatoms. The SMILES string of the molecule is CC(C)c1ccccc1NC(=O)Cn1c(=O)cnc2ccccc21. The molecule has 0 aliphatic rings. The zero-order valence-electron chi connectivity index (χ0n) is 13.7. The predicted molar refractivity (Wildman–Crippen MR) is 95.2 cm³/mol. The summed E-state index contributed by atoms with van der Waals surface area (Å²) in [4.78, 5) is 28.7. The highest BCUT2D eigenvalue weighted by atomic mass is 16.2. The van der Waals surface area contributed by atoms with Crippen LogP contribution in [-0.2, 0) is 11.3 Å². The van der Waals surface area contributed by atoms with Crippen LogP contribution in [0.2, 0.25) is 0 Å². The molecule has 3 rings (SSSR count). The summed E-state index contributed by atoms with van der Waals surface area (Å²) in [6.07, 6.45) is 1.25. The molecule has 0 fully saturated rings. The van der Waals surface area contributed by atoms with Gasteiger partial charge in [-0.25, -0.2) is 4.98 Å². The Balaban J connectivity index is 1.89. The first-order valence-electron chi connectivity index (χ1n) is 7.89. The normalized spacial score (nSPS) is 11.0. The van der Waals surface area contributed by atoms with Gasteiger partial charge in [-0.15, -0.1) is 0 Å². The summed E-state index contributed by atoms with van der Waals surface area (Å²) in [5.74, 6) is 0.0625. The van der Waals surface area contributed by atoms with Crippen molar-refractivity contribution in [2.24, 2.45) is 0 Å². The highest BCUT2D eigenvalue weighted by molar-refractivity contribution is 5.92. The summed E-state index contributed by atoms with van der Waals surface area (Å²) in [7, 11) is 0. The van der Waals surface area contributed by atoms with Gasteiger partial charge in [0.25, 0.3) is 5.56 Å². The summed E-state index contributed by atoms with van der Waals surface area (Å²) in [6.45, 7) is 4.10. The lowest BCUT2D eigenvalue weighted by molar-refractivity contribution is -0.116. The Morgan fingerprint density at radius 2 is 1.83 bits per heavy atom. The fourth-order valence-corrected chi connectivity index (χ4v) is 2.73. The number of para-hydroxylation sites is 3. The van der Waals surface area contributed by atoms with Crippen LogP contribution in [0, 0.1) is 0 Å². The van der Waals surface area contributed by atoms with Crippen LogP contribution in [-0.4, -0.2) is 15.5 Å². The van der Waals surface area contributed by atoms with Crippen molar-refractivity contribution in [3.05, 3.63) is 70.6 Å². The molecule has 0 saturated carbocycles. The third-order valence-corrected chi connectivity index (χ3v) is 3.91. The maximum atomic E-state index is 12.5. The number of hydrogen-bond donors (Lipinski definition) is 1. The molecule has 0 unspecified atom stereocenters. The summed E-state index contributed by atoms with van der Waals surface area (Å²) in [6, 6.07) is 15.0.